The zero-order valence-electron chi connectivity index (χ0n) is 16.5. The van der Waals surface area contributed by atoms with Crippen molar-refractivity contribution in [3.8, 4) is 0 Å². The van der Waals surface area contributed by atoms with Crippen LogP contribution in [0.2, 0.25) is 0 Å². The standard InChI is InChI=1S/C21H28N2O3/c1-18(2,3)15-9-7-14(8-10-15)13-22-23-16(24)21-12-11-20(6,17(25)26-21)19(21,4)5/h7-10,13H,11-12H2,1-6H3,(H,23,24)/b22-13+. The van der Waals surface area contributed by atoms with Crippen LogP contribution in [0.5, 0.6) is 0 Å². The fraction of sp³-hybridized carbons (Fsp3) is 0.571. The van der Waals surface area contributed by atoms with Crippen LogP contribution in [0.25, 0.3) is 0 Å². The summed E-state index contributed by atoms with van der Waals surface area (Å²) in [6, 6.07) is 8.07. The average Bonchev–Trinajstić information content (AvgIpc) is 2.85. The van der Waals surface area contributed by atoms with Crippen LogP contribution in [0.3, 0.4) is 0 Å². The largest absolute Gasteiger partial charge is 0.448 e. The van der Waals surface area contributed by atoms with Crippen LogP contribution >= 0.6 is 0 Å². The summed E-state index contributed by atoms with van der Waals surface area (Å²) in [7, 11) is 0. The lowest BCUT2D eigenvalue weighted by Crippen LogP contribution is -2.52. The molecule has 2 atom stereocenters. The Labute approximate surface area is 155 Å². The van der Waals surface area contributed by atoms with Gasteiger partial charge in [-0.05, 0) is 36.3 Å². The molecule has 0 radical (unpaired) electrons. The maximum Gasteiger partial charge on any atom is 0.313 e. The van der Waals surface area contributed by atoms with Gasteiger partial charge in [0.15, 0.2) is 5.60 Å². The van der Waals surface area contributed by atoms with E-state index in [-0.39, 0.29) is 17.3 Å². The average molecular weight is 356 g/mol. The molecule has 3 rings (SSSR count). The summed E-state index contributed by atoms with van der Waals surface area (Å²) in [6.45, 7) is 12.2. The quantitative estimate of drug-likeness (QED) is 0.511. The molecule has 2 fully saturated rings. The first kappa shape index (κ1) is 18.6. The minimum atomic E-state index is -1.13. The van der Waals surface area contributed by atoms with E-state index in [0.29, 0.717) is 12.8 Å². The lowest BCUT2D eigenvalue weighted by Gasteiger charge is -2.34. The Morgan fingerprint density at radius 1 is 1.15 bits per heavy atom. The van der Waals surface area contributed by atoms with Crippen LogP contribution in [-0.4, -0.2) is 23.7 Å². The summed E-state index contributed by atoms with van der Waals surface area (Å²) in [5.41, 5.74) is 2.50. The number of hydrazone groups is 1. The van der Waals surface area contributed by atoms with E-state index in [0.717, 1.165) is 5.56 Å². The lowest BCUT2D eigenvalue weighted by molar-refractivity contribution is -0.168. The van der Waals surface area contributed by atoms with Crippen molar-refractivity contribution >= 4 is 18.1 Å². The molecule has 2 bridgehead atoms. The number of ether oxygens (including phenoxy) is 1. The van der Waals surface area contributed by atoms with E-state index in [1.54, 1.807) is 6.21 Å². The third-order valence-corrected chi connectivity index (χ3v) is 6.61. The second-order valence-corrected chi connectivity index (χ2v) is 9.24. The molecule has 1 aromatic carbocycles. The minimum Gasteiger partial charge on any atom is -0.448 e. The first-order valence-corrected chi connectivity index (χ1v) is 9.12. The van der Waals surface area contributed by atoms with E-state index in [4.69, 9.17) is 4.74 Å². The van der Waals surface area contributed by atoms with Gasteiger partial charge in [0.25, 0.3) is 5.91 Å². The summed E-state index contributed by atoms with van der Waals surface area (Å²) in [5.74, 6) is -0.634. The molecule has 1 aromatic rings. The van der Waals surface area contributed by atoms with E-state index in [1.165, 1.54) is 5.56 Å². The van der Waals surface area contributed by atoms with Crippen molar-refractivity contribution < 1.29 is 14.3 Å². The van der Waals surface area contributed by atoms with Crippen LogP contribution in [0, 0.1) is 10.8 Å². The molecule has 1 N–H and O–H groups in total. The molecule has 1 saturated heterocycles. The Kier molecular flexibility index (Phi) is 4.05. The summed E-state index contributed by atoms with van der Waals surface area (Å²) >= 11 is 0. The van der Waals surface area contributed by atoms with Gasteiger partial charge in [-0.15, -0.1) is 0 Å². The SMILES string of the molecule is CC(C)(C)c1ccc(/C=N/NC(=O)C23CCC(C)(C(=O)O2)C3(C)C)cc1. The number of fused-ring (bicyclic) bond motifs is 2. The molecule has 1 aliphatic carbocycles. The Morgan fingerprint density at radius 2 is 1.77 bits per heavy atom. The molecular weight excluding hydrogens is 328 g/mol. The van der Waals surface area contributed by atoms with E-state index < -0.39 is 16.4 Å². The Balaban J connectivity index is 1.72. The van der Waals surface area contributed by atoms with Crippen molar-refractivity contribution in [2.24, 2.45) is 15.9 Å². The summed E-state index contributed by atoms with van der Waals surface area (Å²) in [6.07, 6.45) is 2.80. The van der Waals surface area contributed by atoms with Crippen LogP contribution in [-0.2, 0) is 19.7 Å². The first-order valence-electron chi connectivity index (χ1n) is 9.12. The number of benzene rings is 1. The molecule has 0 aromatic heterocycles. The molecule has 5 nitrogen and oxygen atoms in total. The zero-order chi connectivity index (χ0) is 19.4. The fourth-order valence-corrected chi connectivity index (χ4v) is 4.07. The second-order valence-electron chi connectivity index (χ2n) is 9.24. The summed E-state index contributed by atoms with van der Waals surface area (Å²) in [4.78, 5) is 25.1. The smallest absolute Gasteiger partial charge is 0.313 e. The molecule has 1 heterocycles. The van der Waals surface area contributed by atoms with E-state index in [2.05, 4.69) is 43.4 Å². The van der Waals surface area contributed by atoms with Crippen molar-refractivity contribution in [3.63, 3.8) is 0 Å². The predicted octanol–water partition coefficient (Wildman–Crippen LogP) is 3.56. The van der Waals surface area contributed by atoms with Gasteiger partial charge in [0.05, 0.1) is 11.6 Å². The van der Waals surface area contributed by atoms with Gasteiger partial charge in [-0.1, -0.05) is 58.9 Å². The van der Waals surface area contributed by atoms with Crippen molar-refractivity contribution in [1.29, 1.82) is 0 Å². The highest BCUT2D eigenvalue weighted by atomic mass is 16.6. The predicted molar refractivity (Wildman–Crippen MR) is 101 cm³/mol. The van der Waals surface area contributed by atoms with Gasteiger partial charge in [0.2, 0.25) is 0 Å². The topological polar surface area (TPSA) is 67.8 Å². The summed E-state index contributed by atoms with van der Waals surface area (Å²) in [5, 5.41) is 4.09. The Morgan fingerprint density at radius 3 is 2.23 bits per heavy atom. The van der Waals surface area contributed by atoms with Gasteiger partial charge in [-0.3, -0.25) is 9.59 Å². The fourth-order valence-electron chi connectivity index (χ4n) is 4.07. The van der Waals surface area contributed by atoms with Crippen molar-refractivity contribution in [2.45, 2.75) is 65.4 Å². The molecule has 2 unspecified atom stereocenters. The number of carbonyl (C=O) groups is 2. The lowest BCUT2D eigenvalue weighted by atomic mass is 9.66. The van der Waals surface area contributed by atoms with E-state index in [9.17, 15) is 9.59 Å². The number of nitrogens with zero attached hydrogens (tertiary/aromatic N) is 1. The third-order valence-electron chi connectivity index (χ3n) is 6.61. The van der Waals surface area contributed by atoms with Crippen molar-refractivity contribution in [3.05, 3.63) is 35.4 Å². The maximum absolute atomic E-state index is 12.8. The summed E-state index contributed by atoms with van der Waals surface area (Å²) < 4.78 is 5.56. The number of carbonyl (C=O) groups excluding carboxylic acids is 2. The normalized spacial score (nSPS) is 29.8. The molecule has 1 amide bonds. The number of nitrogens with one attached hydrogen (secondary N) is 1. The van der Waals surface area contributed by atoms with Gasteiger partial charge < -0.3 is 4.74 Å². The molecule has 140 valence electrons. The third kappa shape index (κ3) is 2.48. The van der Waals surface area contributed by atoms with Gasteiger partial charge in [0.1, 0.15) is 0 Å². The highest BCUT2D eigenvalue weighted by Gasteiger charge is 2.75. The first-order chi connectivity index (χ1) is 11.9. The Hall–Kier alpha value is -2.17. The number of amides is 1. The monoisotopic (exact) mass is 356 g/mol. The number of hydrogen-bond donors (Lipinski definition) is 1. The molecule has 1 aliphatic heterocycles. The molecule has 1 saturated carbocycles. The molecular formula is C21H28N2O3. The molecule has 2 aliphatic rings. The zero-order valence-corrected chi connectivity index (χ0v) is 16.5. The second kappa shape index (κ2) is 5.66. The highest BCUT2D eigenvalue weighted by molar-refractivity contribution is 5.96. The maximum atomic E-state index is 12.8. The number of esters is 1. The van der Waals surface area contributed by atoms with E-state index in [1.807, 2.05) is 32.9 Å². The van der Waals surface area contributed by atoms with Crippen LogP contribution in [0.1, 0.15) is 65.5 Å². The van der Waals surface area contributed by atoms with Gasteiger partial charge >= 0.3 is 5.97 Å². The Bertz CT molecular complexity index is 773. The van der Waals surface area contributed by atoms with Crippen LogP contribution < -0.4 is 5.43 Å². The van der Waals surface area contributed by atoms with Gasteiger partial charge in [-0.2, -0.15) is 5.10 Å². The number of hydrogen-bond acceptors (Lipinski definition) is 4. The van der Waals surface area contributed by atoms with Crippen molar-refractivity contribution in [1.82, 2.24) is 5.43 Å². The molecule has 5 heteroatoms. The highest BCUT2D eigenvalue weighted by Crippen LogP contribution is 2.65. The molecule has 0 spiro atoms. The number of rotatable bonds is 3. The van der Waals surface area contributed by atoms with Gasteiger partial charge in [0, 0.05) is 5.41 Å². The van der Waals surface area contributed by atoms with E-state index >= 15 is 0 Å². The minimum absolute atomic E-state index is 0.0934. The van der Waals surface area contributed by atoms with Crippen molar-refractivity contribution in [2.75, 3.05) is 0 Å². The van der Waals surface area contributed by atoms with Crippen LogP contribution in [0.15, 0.2) is 29.4 Å². The van der Waals surface area contributed by atoms with Gasteiger partial charge in [-0.25, -0.2) is 5.43 Å². The van der Waals surface area contributed by atoms with Crippen LogP contribution in [0.4, 0.5) is 0 Å². The molecule has 26 heavy (non-hydrogen) atoms.